The molecule has 0 bridgehead atoms. The van der Waals surface area contributed by atoms with Gasteiger partial charge in [-0.3, -0.25) is 24.0 Å². The Morgan fingerprint density at radius 2 is 1.08 bits per heavy atom. The molecule has 0 saturated carbocycles. The van der Waals surface area contributed by atoms with Crippen LogP contribution in [0.4, 0.5) is 9.59 Å². The van der Waals surface area contributed by atoms with E-state index in [1.165, 1.54) is 0 Å². The van der Waals surface area contributed by atoms with Crippen molar-refractivity contribution in [1.82, 2.24) is 36.4 Å². The Hall–Kier alpha value is -5.67. The molecule has 0 aliphatic carbocycles. The number of likely N-dealkylation sites (tertiary alicyclic amines) is 2. The molecular formula is C49H73N7O9. The third-order valence-electron chi connectivity index (χ3n) is 11.4. The minimum Gasteiger partial charge on any atom is -0.444 e. The van der Waals surface area contributed by atoms with Gasteiger partial charge in [-0.25, -0.2) is 9.59 Å². The zero-order valence-corrected chi connectivity index (χ0v) is 39.9. The van der Waals surface area contributed by atoms with Gasteiger partial charge in [-0.2, -0.15) is 0 Å². The fourth-order valence-corrected chi connectivity index (χ4v) is 8.08. The monoisotopic (exact) mass is 904 g/mol. The van der Waals surface area contributed by atoms with E-state index in [1.807, 2.05) is 79.4 Å². The summed E-state index contributed by atoms with van der Waals surface area (Å²) in [5.74, 6) is -2.02. The van der Waals surface area contributed by atoms with Gasteiger partial charge in [0.2, 0.25) is 29.5 Å². The molecule has 0 radical (unpaired) electrons. The summed E-state index contributed by atoms with van der Waals surface area (Å²) < 4.78 is 10.8. The molecule has 7 amide bonds. The summed E-state index contributed by atoms with van der Waals surface area (Å²) in [5.41, 5.74) is -0.0285. The van der Waals surface area contributed by atoms with Gasteiger partial charge < -0.3 is 45.9 Å². The summed E-state index contributed by atoms with van der Waals surface area (Å²) in [5, 5.41) is 14.2. The highest BCUT2D eigenvalue weighted by Gasteiger charge is 2.48. The van der Waals surface area contributed by atoms with Gasteiger partial charge in [-0.05, 0) is 97.1 Å². The van der Waals surface area contributed by atoms with Crippen molar-refractivity contribution in [3.8, 4) is 0 Å². The van der Waals surface area contributed by atoms with Gasteiger partial charge in [0.1, 0.15) is 35.4 Å². The summed E-state index contributed by atoms with van der Waals surface area (Å²) >= 11 is 0. The maximum atomic E-state index is 14.4. The van der Waals surface area contributed by atoms with Gasteiger partial charge in [0, 0.05) is 57.9 Å². The van der Waals surface area contributed by atoms with Crippen molar-refractivity contribution in [2.75, 3.05) is 32.7 Å². The molecule has 4 atom stereocenters. The first-order valence-electron chi connectivity index (χ1n) is 23.0. The molecule has 16 heteroatoms. The third kappa shape index (κ3) is 17.7. The molecule has 358 valence electrons. The zero-order chi connectivity index (χ0) is 48.0. The van der Waals surface area contributed by atoms with Crippen molar-refractivity contribution in [1.29, 1.82) is 0 Å². The standard InChI is InChI=1S/C49H73N7O9/c1-33(2)28-38(41(58)51-37(22-16-17-25-50-45(62)64-47(4,5)6)44(61)56-31-49(32-56)23-26-55(27-24-49)34(3)57)52-42(59)39(29-35-18-12-10-13-19-35)53-43(60)40(30-36-20-14-11-15-21-36)54-46(63)65-48(7,8)9/h10-15,18-21,33,37-40H,16-17,22-32H2,1-9H3,(H,50,62)(H,51,58)(H,52,59)(H,53,60)(H,54,63)/t37-,38-,39-,40-/m1/s1. The lowest BCUT2D eigenvalue weighted by molar-refractivity contribution is -0.153. The second-order valence-corrected chi connectivity index (χ2v) is 20.0. The number of piperidine rings is 1. The van der Waals surface area contributed by atoms with Crippen LogP contribution in [0.2, 0.25) is 0 Å². The Morgan fingerprint density at radius 1 is 0.615 bits per heavy atom. The number of alkyl carbamates (subject to hydrolysis) is 2. The number of nitrogens with one attached hydrogen (secondary N) is 5. The van der Waals surface area contributed by atoms with E-state index in [1.54, 1.807) is 53.4 Å². The van der Waals surface area contributed by atoms with Gasteiger partial charge in [0.25, 0.3) is 0 Å². The highest BCUT2D eigenvalue weighted by Crippen LogP contribution is 2.41. The molecular weight excluding hydrogens is 831 g/mol. The fraction of sp³-hybridized carbons (Fsp3) is 0.612. The number of carbonyl (C=O) groups is 7. The molecule has 2 saturated heterocycles. The predicted octanol–water partition coefficient (Wildman–Crippen LogP) is 5.03. The van der Waals surface area contributed by atoms with Gasteiger partial charge in [0.05, 0.1) is 0 Å². The highest BCUT2D eigenvalue weighted by molar-refractivity contribution is 5.95. The van der Waals surface area contributed by atoms with Gasteiger partial charge >= 0.3 is 12.2 Å². The maximum Gasteiger partial charge on any atom is 0.408 e. The molecule has 2 heterocycles. The Morgan fingerprint density at radius 3 is 1.57 bits per heavy atom. The van der Waals surface area contributed by atoms with Crippen LogP contribution < -0.4 is 26.6 Å². The van der Waals surface area contributed by atoms with E-state index in [9.17, 15) is 33.6 Å². The molecule has 1 spiro atoms. The first kappa shape index (κ1) is 52.0. The molecule has 4 rings (SSSR count). The lowest BCUT2D eigenvalue weighted by atomic mass is 9.71. The van der Waals surface area contributed by atoms with Crippen molar-refractivity contribution < 1.29 is 43.0 Å². The Kier molecular flexibility index (Phi) is 18.8. The lowest BCUT2D eigenvalue weighted by Crippen LogP contribution is -2.65. The van der Waals surface area contributed by atoms with E-state index in [0.29, 0.717) is 45.6 Å². The molecule has 2 aliphatic rings. The van der Waals surface area contributed by atoms with E-state index < -0.39 is 65.3 Å². The Balaban J connectivity index is 1.52. The second kappa shape index (κ2) is 23.5. The third-order valence-corrected chi connectivity index (χ3v) is 11.4. The number of nitrogens with zero attached hydrogens (tertiary/aromatic N) is 2. The fourth-order valence-electron chi connectivity index (χ4n) is 8.08. The molecule has 0 aromatic heterocycles. The smallest absolute Gasteiger partial charge is 0.408 e. The second-order valence-electron chi connectivity index (χ2n) is 20.0. The number of hydrogen-bond acceptors (Lipinski definition) is 9. The van der Waals surface area contributed by atoms with Gasteiger partial charge in [0.15, 0.2) is 0 Å². The SMILES string of the molecule is CC(=O)N1CCC2(CC1)CN(C(=O)[C@@H](CCCCNC(=O)OC(C)(C)C)NC(=O)[C@@H](CC(C)C)NC(=O)[C@@H](Cc1ccccc1)NC(=O)[C@@H](Cc1ccccc1)NC(=O)OC(C)(C)C)C2. The molecule has 16 nitrogen and oxygen atoms in total. The number of rotatable bonds is 19. The topological polar surface area (TPSA) is 205 Å². The molecule has 2 aromatic rings. The van der Waals surface area contributed by atoms with Crippen LogP contribution in [0.15, 0.2) is 60.7 Å². The van der Waals surface area contributed by atoms with E-state index in [2.05, 4.69) is 26.6 Å². The van der Waals surface area contributed by atoms with Crippen molar-refractivity contribution in [2.24, 2.45) is 11.3 Å². The highest BCUT2D eigenvalue weighted by atomic mass is 16.6. The molecule has 0 unspecified atom stereocenters. The van der Waals surface area contributed by atoms with Crippen LogP contribution >= 0.6 is 0 Å². The number of amides is 7. The van der Waals surface area contributed by atoms with Crippen LogP contribution in [-0.4, -0.2) is 120 Å². The van der Waals surface area contributed by atoms with E-state index in [4.69, 9.17) is 9.47 Å². The van der Waals surface area contributed by atoms with E-state index in [-0.39, 0.29) is 48.8 Å². The molecule has 2 aliphatic heterocycles. The molecule has 65 heavy (non-hydrogen) atoms. The molecule has 2 aromatic carbocycles. The minimum atomic E-state index is -1.16. The van der Waals surface area contributed by atoms with Crippen LogP contribution in [0.3, 0.4) is 0 Å². The first-order chi connectivity index (χ1) is 30.5. The van der Waals surface area contributed by atoms with Gasteiger partial charge in [-0.15, -0.1) is 0 Å². The van der Waals surface area contributed by atoms with Crippen molar-refractivity contribution in [3.05, 3.63) is 71.8 Å². The summed E-state index contributed by atoms with van der Waals surface area (Å²) in [4.78, 5) is 97.9. The maximum absolute atomic E-state index is 14.4. The van der Waals surface area contributed by atoms with Crippen LogP contribution in [0.1, 0.15) is 112 Å². The minimum absolute atomic E-state index is 0.0373. The van der Waals surface area contributed by atoms with Crippen LogP contribution in [0.25, 0.3) is 0 Å². The van der Waals surface area contributed by atoms with Crippen molar-refractivity contribution in [3.63, 3.8) is 0 Å². The normalized spacial score (nSPS) is 16.5. The summed E-state index contributed by atoms with van der Waals surface area (Å²) in [6.07, 6.45) is 1.97. The molecule has 2 fully saturated rings. The number of benzene rings is 2. The summed E-state index contributed by atoms with van der Waals surface area (Å²) in [6.45, 7) is 18.5. The van der Waals surface area contributed by atoms with E-state index in [0.717, 1.165) is 24.0 Å². The summed E-state index contributed by atoms with van der Waals surface area (Å²) in [6, 6.07) is 14.1. The van der Waals surface area contributed by atoms with Crippen LogP contribution in [0, 0.1) is 11.3 Å². The number of hydrogen-bond donors (Lipinski definition) is 5. The quantitative estimate of drug-likeness (QED) is 0.120. The van der Waals surface area contributed by atoms with Crippen molar-refractivity contribution in [2.45, 2.75) is 149 Å². The summed E-state index contributed by atoms with van der Waals surface area (Å²) in [7, 11) is 0. The number of carbonyl (C=O) groups excluding carboxylic acids is 7. The average Bonchev–Trinajstić information content (AvgIpc) is 3.20. The number of ether oxygens (including phenoxy) is 2. The van der Waals surface area contributed by atoms with Crippen molar-refractivity contribution >= 4 is 41.7 Å². The van der Waals surface area contributed by atoms with Crippen LogP contribution in [0.5, 0.6) is 0 Å². The number of unbranched alkanes of at least 4 members (excludes halogenated alkanes) is 1. The van der Waals surface area contributed by atoms with E-state index >= 15 is 0 Å². The zero-order valence-electron chi connectivity index (χ0n) is 39.9. The predicted molar refractivity (Wildman–Crippen MR) is 247 cm³/mol. The first-order valence-corrected chi connectivity index (χ1v) is 23.0. The van der Waals surface area contributed by atoms with Crippen LogP contribution in [-0.2, 0) is 46.3 Å². The Labute approximate surface area is 385 Å². The largest absolute Gasteiger partial charge is 0.444 e. The lowest BCUT2D eigenvalue weighted by Gasteiger charge is -2.54. The van der Waals surface area contributed by atoms with Gasteiger partial charge in [-0.1, -0.05) is 74.5 Å². The Bertz CT molecular complexity index is 1910. The molecule has 5 N–H and O–H groups in total. The average molecular weight is 904 g/mol.